The van der Waals surface area contributed by atoms with E-state index in [1.807, 2.05) is 10.3 Å². The van der Waals surface area contributed by atoms with Crippen molar-refractivity contribution in [2.45, 2.75) is 36.6 Å². The van der Waals surface area contributed by atoms with E-state index in [0.717, 1.165) is 31.5 Å². The van der Waals surface area contributed by atoms with Gasteiger partial charge in [-0.1, -0.05) is 0 Å². The molecule has 1 saturated heterocycles. The van der Waals surface area contributed by atoms with Crippen LogP contribution in [0.5, 0.6) is 0 Å². The molecule has 1 aliphatic rings. The van der Waals surface area contributed by atoms with Crippen molar-refractivity contribution >= 4 is 27.3 Å². The van der Waals surface area contributed by atoms with E-state index in [1.54, 1.807) is 11.3 Å². The van der Waals surface area contributed by atoms with Crippen LogP contribution in [0.25, 0.3) is 0 Å². The summed E-state index contributed by atoms with van der Waals surface area (Å²) in [7, 11) is -2.20. The molecule has 0 unspecified atom stereocenters. The number of carbonyl (C=O) groups is 1. The summed E-state index contributed by atoms with van der Waals surface area (Å²) < 4.78 is 39.2. The van der Waals surface area contributed by atoms with E-state index in [2.05, 4.69) is 11.4 Å². The standard InChI is InChI=1S/C19H23FN2O3S2/c1-21(27(24,25)17-8-6-16(20)7-9-17)11-3-5-19(23)22-12-2-4-18(22)15-10-13-26-14-15/h6-10,13-14,18H,2-5,11-12H2,1H3/t18-/m1/s1. The SMILES string of the molecule is CN(CCCC(=O)N1CCC[C@@H]1c1ccsc1)S(=O)(=O)c1ccc(F)cc1. The topological polar surface area (TPSA) is 57.7 Å². The first-order valence-corrected chi connectivity index (χ1v) is 11.3. The van der Waals surface area contributed by atoms with Crippen LogP contribution in [0, 0.1) is 5.82 Å². The lowest BCUT2D eigenvalue weighted by Gasteiger charge is -2.25. The number of hydrogen-bond donors (Lipinski definition) is 0. The number of likely N-dealkylation sites (tertiary alicyclic amines) is 1. The zero-order valence-corrected chi connectivity index (χ0v) is 16.8. The van der Waals surface area contributed by atoms with Gasteiger partial charge in [0, 0.05) is 26.6 Å². The fourth-order valence-electron chi connectivity index (χ4n) is 3.38. The largest absolute Gasteiger partial charge is 0.336 e. The molecule has 0 bridgehead atoms. The predicted octanol–water partition coefficient (Wildman–Crippen LogP) is 3.65. The van der Waals surface area contributed by atoms with Crippen LogP contribution in [0.1, 0.15) is 37.3 Å². The molecule has 1 aromatic carbocycles. The molecule has 0 N–H and O–H groups in total. The Kier molecular flexibility index (Phi) is 6.29. The number of nitrogens with zero attached hydrogens (tertiary/aromatic N) is 2. The van der Waals surface area contributed by atoms with E-state index in [4.69, 9.17) is 0 Å². The van der Waals surface area contributed by atoms with Gasteiger partial charge in [0.25, 0.3) is 0 Å². The molecule has 1 aromatic heterocycles. The van der Waals surface area contributed by atoms with E-state index in [0.29, 0.717) is 12.8 Å². The van der Waals surface area contributed by atoms with Crippen LogP contribution in [0.15, 0.2) is 46.0 Å². The number of amides is 1. The number of rotatable bonds is 7. The number of carbonyl (C=O) groups excluding carboxylic acids is 1. The average molecular weight is 411 g/mol. The van der Waals surface area contributed by atoms with Gasteiger partial charge >= 0.3 is 0 Å². The molecular formula is C19H23FN2O3S2. The molecule has 2 aromatic rings. The highest BCUT2D eigenvalue weighted by Gasteiger charge is 2.30. The summed E-state index contributed by atoms with van der Waals surface area (Å²) in [6.45, 7) is 0.992. The third-order valence-corrected chi connectivity index (χ3v) is 7.46. The van der Waals surface area contributed by atoms with Crippen molar-refractivity contribution in [2.24, 2.45) is 0 Å². The molecule has 1 atom stereocenters. The van der Waals surface area contributed by atoms with Gasteiger partial charge in [0.2, 0.25) is 15.9 Å². The third kappa shape index (κ3) is 4.56. The first kappa shape index (κ1) is 20.0. The van der Waals surface area contributed by atoms with E-state index in [1.165, 1.54) is 29.0 Å². The lowest BCUT2D eigenvalue weighted by Crippen LogP contribution is -2.32. The molecule has 0 aliphatic carbocycles. The molecule has 0 radical (unpaired) electrons. The quantitative estimate of drug-likeness (QED) is 0.700. The minimum Gasteiger partial charge on any atom is -0.336 e. The monoisotopic (exact) mass is 410 g/mol. The number of hydrogen-bond acceptors (Lipinski definition) is 4. The van der Waals surface area contributed by atoms with Gasteiger partial charge in [0.05, 0.1) is 10.9 Å². The Hall–Kier alpha value is -1.77. The fourth-order valence-corrected chi connectivity index (χ4v) is 5.30. The number of benzene rings is 1. The van der Waals surface area contributed by atoms with E-state index in [-0.39, 0.29) is 23.4 Å². The summed E-state index contributed by atoms with van der Waals surface area (Å²) in [5.74, 6) is -0.413. The molecule has 3 rings (SSSR count). The van der Waals surface area contributed by atoms with Crippen molar-refractivity contribution in [3.05, 3.63) is 52.5 Å². The van der Waals surface area contributed by atoms with Gasteiger partial charge in [-0.15, -0.1) is 0 Å². The normalized spacial score (nSPS) is 17.6. The van der Waals surface area contributed by atoms with Gasteiger partial charge in [0.15, 0.2) is 0 Å². The highest BCUT2D eigenvalue weighted by atomic mass is 32.2. The molecule has 1 aliphatic heterocycles. The maximum atomic E-state index is 13.0. The molecule has 1 amide bonds. The Morgan fingerprint density at radius 2 is 2.04 bits per heavy atom. The van der Waals surface area contributed by atoms with Gasteiger partial charge < -0.3 is 4.90 Å². The minimum absolute atomic E-state index is 0.0507. The van der Waals surface area contributed by atoms with Crippen LogP contribution < -0.4 is 0 Å². The van der Waals surface area contributed by atoms with Crippen LogP contribution in [0.2, 0.25) is 0 Å². The average Bonchev–Trinajstić information content (AvgIpc) is 3.33. The van der Waals surface area contributed by atoms with Crippen molar-refractivity contribution in [1.82, 2.24) is 9.21 Å². The minimum atomic E-state index is -3.68. The van der Waals surface area contributed by atoms with E-state index < -0.39 is 15.8 Å². The summed E-state index contributed by atoms with van der Waals surface area (Å²) in [5.41, 5.74) is 1.18. The maximum absolute atomic E-state index is 13.0. The van der Waals surface area contributed by atoms with Crippen LogP contribution in [-0.4, -0.2) is 43.7 Å². The van der Waals surface area contributed by atoms with Crippen LogP contribution in [0.3, 0.4) is 0 Å². The van der Waals surface area contributed by atoms with Crippen molar-refractivity contribution < 1.29 is 17.6 Å². The second kappa shape index (κ2) is 8.50. The second-order valence-corrected chi connectivity index (χ2v) is 9.51. The second-order valence-electron chi connectivity index (χ2n) is 6.69. The number of halogens is 1. The molecule has 0 saturated carbocycles. The first-order valence-electron chi connectivity index (χ1n) is 8.93. The highest BCUT2D eigenvalue weighted by molar-refractivity contribution is 7.89. The number of thiophene rings is 1. The molecule has 146 valence electrons. The molecule has 27 heavy (non-hydrogen) atoms. The summed E-state index contributed by atoms with van der Waals surface area (Å²) in [6.07, 6.45) is 2.72. The molecule has 2 heterocycles. The molecule has 5 nitrogen and oxygen atoms in total. The van der Waals surface area contributed by atoms with E-state index in [9.17, 15) is 17.6 Å². The van der Waals surface area contributed by atoms with Gasteiger partial charge in [0.1, 0.15) is 5.82 Å². The predicted molar refractivity (Wildman–Crippen MR) is 103 cm³/mol. The zero-order valence-electron chi connectivity index (χ0n) is 15.2. The maximum Gasteiger partial charge on any atom is 0.242 e. The Bertz CT molecular complexity index is 867. The Balaban J connectivity index is 1.54. The van der Waals surface area contributed by atoms with Crippen LogP contribution >= 0.6 is 11.3 Å². The lowest BCUT2D eigenvalue weighted by atomic mass is 10.1. The smallest absolute Gasteiger partial charge is 0.242 e. The molecule has 1 fully saturated rings. The van der Waals surface area contributed by atoms with Crippen molar-refractivity contribution in [2.75, 3.05) is 20.1 Å². The van der Waals surface area contributed by atoms with Crippen molar-refractivity contribution in [3.63, 3.8) is 0 Å². The van der Waals surface area contributed by atoms with Gasteiger partial charge in [-0.3, -0.25) is 4.79 Å². The Morgan fingerprint density at radius 3 is 2.70 bits per heavy atom. The zero-order chi connectivity index (χ0) is 19.4. The van der Waals surface area contributed by atoms with Gasteiger partial charge in [-0.2, -0.15) is 11.3 Å². The van der Waals surface area contributed by atoms with Crippen molar-refractivity contribution in [3.8, 4) is 0 Å². The summed E-state index contributed by atoms with van der Waals surface area (Å²) >= 11 is 1.63. The summed E-state index contributed by atoms with van der Waals surface area (Å²) in [5, 5.41) is 4.10. The molecule has 0 spiro atoms. The molecule has 8 heteroatoms. The van der Waals surface area contributed by atoms with Crippen molar-refractivity contribution in [1.29, 1.82) is 0 Å². The van der Waals surface area contributed by atoms with E-state index >= 15 is 0 Å². The fraction of sp³-hybridized carbons (Fsp3) is 0.421. The highest BCUT2D eigenvalue weighted by Crippen LogP contribution is 2.33. The van der Waals surface area contributed by atoms with Crippen LogP contribution in [-0.2, 0) is 14.8 Å². The van der Waals surface area contributed by atoms with Gasteiger partial charge in [-0.05, 0) is 65.9 Å². The summed E-state index contributed by atoms with van der Waals surface area (Å²) in [4.78, 5) is 14.6. The number of sulfonamides is 1. The Morgan fingerprint density at radius 1 is 1.30 bits per heavy atom. The summed E-state index contributed by atoms with van der Waals surface area (Å²) in [6, 6.07) is 6.96. The third-order valence-electron chi connectivity index (χ3n) is 4.89. The van der Waals surface area contributed by atoms with Gasteiger partial charge in [-0.25, -0.2) is 17.1 Å². The first-order chi connectivity index (χ1) is 12.9. The lowest BCUT2D eigenvalue weighted by molar-refractivity contribution is -0.132. The Labute approximate surface area is 163 Å². The molecular weight excluding hydrogens is 387 g/mol. The van der Waals surface area contributed by atoms with Crippen LogP contribution in [0.4, 0.5) is 4.39 Å².